The van der Waals surface area contributed by atoms with Crippen LogP contribution < -0.4 is 10.2 Å². The second-order valence-electron chi connectivity index (χ2n) is 6.44. The van der Waals surface area contributed by atoms with Crippen molar-refractivity contribution in [3.8, 4) is 0 Å². The summed E-state index contributed by atoms with van der Waals surface area (Å²) in [6.45, 7) is 11.8. The number of aryl methyl sites for hydroxylation is 1. The summed E-state index contributed by atoms with van der Waals surface area (Å²) in [4.78, 5) is 14.4. The zero-order valence-electron chi connectivity index (χ0n) is 16.2. The predicted octanol–water partition coefficient (Wildman–Crippen LogP) is 2.84. The van der Waals surface area contributed by atoms with Gasteiger partial charge in [-0.2, -0.15) is 4.31 Å². The average Bonchev–Trinajstić information content (AvgIpc) is 2.49. The monoisotopic (exact) mass is 369 g/mol. The molecule has 0 heterocycles. The Balaban J connectivity index is 2.74. The normalized spacial score (nSPS) is 11.8. The lowest BCUT2D eigenvalue weighted by molar-refractivity contribution is -0.116. The van der Waals surface area contributed by atoms with Crippen molar-refractivity contribution < 1.29 is 13.2 Å². The van der Waals surface area contributed by atoms with Crippen LogP contribution >= 0.6 is 0 Å². The van der Waals surface area contributed by atoms with Gasteiger partial charge in [-0.05, 0) is 58.4 Å². The summed E-state index contributed by atoms with van der Waals surface area (Å²) in [7, 11) is -3.31. The molecule has 142 valence electrons. The van der Waals surface area contributed by atoms with Crippen LogP contribution in [0.25, 0.3) is 0 Å². The van der Waals surface area contributed by atoms with Crippen molar-refractivity contribution >= 4 is 27.3 Å². The van der Waals surface area contributed by atoms with Crippen LogP contribution in [0.3, 0.4) is 0 Å². The van der Waals surface area contributed by atoms with E-state index in [1.165, 1.54) is 10.6 Å². The van der Waals surface area contributed by atoms with Crippen LogP contribution in [-0.4, -0.2) is 50.6 Å². The molecule has 0 aliphatic rings. The lowest BCUT2D eigenvalue weighted by atomic mass is 10.1. The molecule has 1 N–H and O–H groups in total. The highest BCUT2D eigenvalue weighted by molar-refractivity contribution is 7.88. The Bertz CT molecular complexity index is 683. The fourth-order valence-electron chi connectivity index (χ4n) is 2.80. The molecule has 0 saturated heterocycles. The maximum atomic E-state index is 12.2. The Morgan fingerprint density at radius 2 is 1.80 bits per heavy atom. The number of rotatable bonds is 9. The smallest absolute Gasteiger partial charge is 0.225 e. The van der Waals surface area contributed by atoms with E-state index in [1.54, 1.807) is 13.8 Å². The quantitative estimate of drug-likeness (QED) is 0.727. The van der Waals surface area contributed by atoms with E-state index in [0.29, 0.717) is 0 Å². The largest absolute Gasteiger partial charge is 0.372 e. The molecule has 0 radical (unpaired) electrons. The number of nitrogens with zero attached hydrogens (tertiary/aromatic N) is 2. The highest BCUT2D eigenvalue weighted by atomic mass is 32.2. The van der Waals surface area contributed by atoms with Crippen molar-refractivity contribution in [1.29, 1.82) is 0 Å². The number of hydrogen-bond donors (Lipinski definition) is 1. The van der Waals surface area contributed by atoms with Crippen LogP contribution in [0.4, 0.5) is 11.4 Å². The molecule has 7 heteroatoms. The number of nitrogens with one attached hydrogen (secondary N) is 1. The summed E-state index contributed by atoms with van der Waals surface area (Å²) in [5.41, 5.74) is 2.88. The van der Waals surface area contributed by atoms with Gasteiger partial charge in [0, 0.05) is 43.5 Å². The van der Waals surface area contributed by atoms with Gasteiger partial charge in [0.1, 0.15) is 0 Å². The number of carbonyl (C=O) groups is 1. The molecule has 0 aliphatic heterocycles. The third-order valence-corrected chi connectivity index (χ3v) is 5.63. The minimum absolute atomic E-state index is 0.127. The van der Waals surface area contributed by atoms with Gasteiger partial charge in [-0.15, -0.1) is 0 Å². The first-order valence-corrected chi connectivity index (χ1v) is 10.6. The fourth-order valence-corrected chi connectivity index (χ4v) is 3.99. The molecule has 6 nitrogen and oxygen atoms in total. The second-order valence-corrected chi connectivity index (χ2v) is 8.37. The van der Waals surface area contributed by atoms with Gasteiger partial charge in [0.15, 0.2) is 0 Å². The van der Waals surface area contributed by atoms with Gasteiger partial charge >= 0.3 is 0 Å². The minimum Gasteiger partial charge on any atom is -0.372 e. The van der Waals surface area contributed by atoms with Crippen LogP contribution in [-0.2, 0) is 14.8 Å². The summed E-state index contributed by atoms with van der Waals surface area (Å²) in [5, 5.41) is 2.88. The Morgan fingerprint density at radius 1 is 1.20 bits per heavy atom. The lowest BCUT2D eigenvalue weighted by Crippen LogP contribution is -2.38. The first kappa shape index (κ1) is 21.4. The molecule has 1 rings (SSSR count). The maximum Gasteiger partial charge on any atom is 0.225 e. The van der Waals surface area contributed by atoms with E-state index in [2.05, 4.69) is 30.1 Å². The summed E-state index contributed by atoms with van der Waals surface area (Å²) >= 11 is 0. The van der Waals surface area contributed by atoms with Crippen LogP contribution in [0.2, 0.25) is 0 Å². The van der Waals surface area contributed by atoms with Gasteiger partial charge in [0.25, 0.3) is 0 Å². The first-order valence-electron chi connectivity index (χ1n) is 8.72. The topological polar surface area (TPSA) is 69.7 Å². The highest BCUT2D eigenvalue weighted by Crippen LogP contribution is 2.23. The summed E-state index contributed by atoms with van der Waals surface area (Å²) in [6, 6.07) is 5.78. The number of amides is 1. The third kappa shape index (κ3) is 6.32. The molecule has 1 amide bonds. The van der Waals surface area contributed by atoms with Crippen LogP contribution in [0.5, 0.6) is 0 Å². The number of carbonyl (C=O) groups excluding carboxylic acids is 1. The highest BCUT2D eigenvalue weighted by Gasteiger charge is 2.21. The summed E-state index contributed by atoms with van der Waals surface area (Å²) in [6.07, 6.45) is 1.30. The van der Waals surface area contributed by atoms with Crippen molar-refractivity contribution in [3.63, 3.8) is 0 Å². The predicted molar refractivity (Wildman–Crippen MR) is 105 cm³/mol. The molecule has 0 bridgehead atoms. The van der Waals surface area contributed by atoms with Crippen molar-refractivity contribution in [3.05, 3.63) is 23.8 Å². The van der Waals surface area contributed by atoms with E-state index in [4.69, 9.17) is 0 Å². The fraction of sp³-hybridized carbons (Fsp3) is 0.611. The molecule has 0 saturated carbocycles. The Hall–Kier alpha value is -1.60. The molecule has 25 heavy (non-hydrogen) atoms. The summed E-state index contributed by atoms with van der Waals surface area (Å²) < 4.78 is 24.8. The third-order valence-electron chi connectivity index (χ3n) is 4.17. The minimum atomic E-state index is -3.31. The lowest BCUT2D eigenvalue weighted by Gasteiger charge is -2.24. The molecule has 0 spiro atoms. The van der Waals surface area contributed by atoms with Gasteiger partial charge in [-0.1, -0.05) is 0 Å². The van der Waals surface area contributed by atoms with Crippen LogP contribution in [0.1, 0.15) is 39.7 Å². The SMILES string of the molecule is CCN(CC)c1ccc(NC(=O)CCN(C(C)C)S(C)(=O)=O)c(C)c1. The number of benzene rings is 1. The first-order chi connectivity index (χ1) is 11.6. The zero-order chi connectivity index (χ0) is 19.2. The van der Waals surface area contributed by atoms with E-state index in [1.807, 2.05) is 19.1 Å². The van der Waals surface area contributed by atoms with Gasteiger partial charge < -0.3 is 10.2 Å². The Labute approximate surface area is 152 Å². The molecular weight excluding hydrogens is 338 g/mol. The molecule has 0 atom stereocenters. The molecule has 0 aliphatic carbocycles. The van der Waals surface area contributed by atoms with Gasteiger partial charge in [0.2, 0.25) is 15.9 Å². The van der Waals surface area contributed by atoms with E-state index < -0.39 is 10.0 Å². The van der Waals surface area contributed by atoms with Gasteiger partial charge in [-0.25, -0.2) is 8.42 Å². The molecule has 0 aromatic heterocycles. The maximum absolute atomic E-state index is 12.2. The van der Waals surface area contributed by atoms with Crippen molar-refractivity contribution in [2.75, 3.05) is 36.1 Å². The molecule has 1 aromatic rings. The molecule has 1 aromatic carbocycles. The van der Waals surface area contributed by atoms with Crippen LogP contribution in [0.15, 0.2) is 18.2 Å². The average molecular weight is 370 g/mol. The number of anilines is 2. The summed E-state index contributed by atoms with van der Waals surface area (Å²) in [5.74, 6) is -0.187. The van der Waals surface area contributed by atoms with Crippen molar-refractivity contribution in [2.45, 2.75) is 47.1 Å². The van der Waals surface area contributed by atoms with E-state index in [9.17, 15) is 13.2 Å². The standard InChI is InChI=1S/C18H31N3O3S/c1-7-20(8-2)16-9-10-17(15(5)13-16)19-18(22)11-12-21(14(3)4)25(6,23)24/h9-10,13-14H,7-8,11-12H2,1-6H3,(H,19,22). The number of sulfonamides is 1. The number of hydrogen-bond acceptors (Lipinski definition) is 4. The van der Waals surface area contributed by atoms with E-state index >= 15 is 0 Å². The second kappa shape index (κ2) is 9.20. The molecular formula is C18H31N3O3S. The Morgan fingerprint density at radius 3 is 2.24 bits per heavy atom. The molecule has 0 unspecified atom stereocenters. The molecule has 0 fully saturated rings. The van der Waals surface area contributed by atoms with Crippen molar-refractivity contribution in [2.24, 2.45) is 0 Å². The van der Waals surface area contributed by atoms with E-state index in [-0.39, 0.29) is 24.9 Å². The van der Waals surface area contributed by atoms with Gasteiger partial charge in [0.05, 0.1) is 6.26 Å². The van der Waals surface area contributed by atoms with Gasteiger partial charge in [-0.3, -0.25) is 4.79 Å². The van der Waals surface area contributed by atoms with E-state index in [0.717, 1.165) is 30.0 Å². The van der Waals surface area contributed by atoms with Crippen molar-refractivity contribution in [1.82, 2.24) is 4.31 Å². The zero-order valence-corrected chi connectivity index (χ0v) is 17.0. The Kier molecular flexibility index (Phi) is 7.89. The van der Waals surface area contributed by atoms with Crippen LogP contribution in [0, 0.1) is 6.92 Å².